The number of nitrogens with one attached hydrogen (secondary N) is 1. The lowest BCUT2D eigenvalue weighted by Crippen LogP contribution is -2.30. The number of anilines is 1. The molecule has 17 heavy (non-hydrogen) atoms. The van der Waals surface area contributed by atoms with Gasteiger partial charge in [-0.25, -0.2) is 9.50 Å². The van der Waals surface area contributed by atoms with Crippen molar-refractivity contribution in [3.8, 4) is 0 Å². The van der Waals surface area contributed by atoms with Crippen molar-refractivity contribution in [1.29, 1.82) is 0 Å². The van der Waals surface area contributed by atoms with E-state index >= 15 is 0 Å². The van der Waals surface area contributed by atoms with E-state index in [1.165, 1.54) is 0 Å². The molecule has 2 rings (SSSR count). The van der Waals surface area contributed by atoms with E-state index < -0.39 is 0 Å². The molecule has 0 spiro atoms. The normalized spacial score (nSPS) is 13.2. The molecule has 1 atom stereocenters. The molecule has 2 heterocycles. The Hall–Kier alpha value is -1.62. The summed E-state index contributed by atoms with van der Waals surface area (Å²) in [4.78, 5) is 4.35. The second-order valence-corrected chi connectivity index (χ2v) is 4.64. The molecule has 0 radical (unpaired) electrons. The Bertz CT molecular complexity index is 476. The summed E-state index contributed by atoms with van der Waals surface area (Å²) in [6, 6.07) is 2.20. The zero-order valence-corrected chi connectivity index (χ0v) is 10.3. The first kappa shape index (κ1) is 11.9. The second-order valence-electron chi connectivity index (χ2n) is 4.64. The Balaban J connectivity index is 2.19. The van der Waals surface area contributed by atoms with Crippen LogP contribution in [0, 0.1) is 5.92 Å². The molecule has 5 nitrogen and oxygen atoms in total. The number of hydrogen-bond acceptors (Lipinski definition) is 4. The number of rotatable bonds is 5. The molecule has 0 aliphatic carbocycles. The molecule has 1 unspecified atom stereocenters. The van der Waals surface area contributed by atoms with Gasteiger partial charge in [0, 0.05) is 25.0 Å². The standard InChI is InChI=1S/C12H19N5/c1-9(2)7-10(8-13)16-12-11-3-4-15-17(11)6-5-14-12/h3-6,9-10H,7-8,13H2,1-2H3,(H,14,16). The van der Waals surface area contributed by atoms with Crippen LogP contribution in [0.5, 0.6) is 0 Å². The number of aromatic nitrogens is 3. The third-order valence-corrected chi connectivity index (χ3v) is 2.71. The molecule has 0 bridgehead atoms. The van der Waals surface area contributed by atoms with E-state index in [1.807, 2.05) is 12.3 Å². The molecular formula is C12H19N5. The Labute approximate surface area is 101 Å². The second kappa shape index (κ2) is 5.14. The molecule has 0 amide bonds. The number of nitrogens with two attached hydrogens (primary N) is 1. The molecule has 0 aliphatic rings. The topological polar surface area (TPSA) is 68.2 Å². The molecular weight excluding hydrogens is 214 g/mol. The highest BCUT2D eigenvalue weighted by atomic mass is 15.2. The molecule has 92 valence electrons. The molecule has 0 fully saturated rings. The average Bonchev–Trinajstić information content (AvgIpc) is 2.76. The molecule has 3 N–H and O–H groups in total. The maximum absolute atomic E-state index is 5.78. The van der Waals surface area contributed by atoms with E-state index in [0.717, 1.165) is 17.8 Å². The molecule has 2 aromatic heterocycles. The minimum atomic E-state index is 0.253. The predicted octanol–water partition coefficient (Wildman–Crippen LogP) is 1.51. The Kier molecular flexibility index (Phi) is 3.58. The van der Waals surface area contributed by atoms with Gasteiger partial charge in [0.05, 0.1) is 6.20 Å². The minimum Gasteiger partial charge on any atom is -0.364 e. The first-order valence-corrected chi connectivity index (χ1v) is 5.95. The van der Waals surface area contributed by atoms with Gasteiger partial charge < -0.3 is 11.1 Å². The molecule has 0 aromatic carbocycles. The van der Waals surface area contributed by atoms with Crippen molar-refractivity contribution in [3.05, 3.63) is 24.7 Å². The first-order valence-electron chi connectivity index (χ1n) is 5.95. The van der Waals surface area contributed by atoms with Gasteiger partial charge in [-0.05, 0) is 18.4 Å². The van der Waals surface area contributed by atoms with Crippen LogP contribution in [-0.2, 0) is 0 Å². The van der Waals surface area contributed by atoms with Gasteiger partial charge in [-0.1, -0.05) is 13.8 Å². The van der Waals surface area contributed by atoms with Gasteiger partial charge in [0.1, 0.15) is 5.52 Å². The monoisotopic (exact) mass is 233 g/mol. The van der Waals surface area contributed by atoms with Gasteiger partial charge in [-0.2, -0.15) is 5.10 Å². The van der Waals surface area contributed by atoms with Gasteiger partial charge in [0.25, 0.3) is 0 Å². The Morgan fingerprint density at radius 3 is 2.94 bits per heavy atom. The summed E-state index contributed by atoms with van der Waals surface area (Å²) in [7, 11) is 0. The fourth-order valence-corrected chi connectivity index (χ4v) is 1.95. The largest absolute Gasteiger partial charge is 0.364 e. The van der Waals surface area contributed by atoms with E-state index in [4.69, 9.17) is 5.73 Å². The smallest absolute Gasteiger partial charge is 0.152 e. The lowest BCUT2D eigenvalue weighted by Gasteiger charge is -2.19. The third-order valence-electron chi connectivity index (χ3n) is 2.71. The zero-order valence-electron chi connectivity index (χ0n) is 10.3. The van der Waals surface area contributed by atoms with E-state index in [-0.39, 0.29) is 6.04 Å². The lowest BCUT2D eigenvalue weighted by molar-refractivity contribution is 0.521. The molecule has 2 aromatic rings. The maximum Gasteiger partial charge on any atom is 0.152 e. The summed E-state index contributed by atoms with van der Waals surface area (Å²) in [5.74, 6) is 1.46. The van der Waals surface area contributed by atoms with Gasteiger partial charge in [0.15, 0.2) is 5.82 Å². The number of fused-ring (bicyclic) bond motifs is 1. The minimum absolute atomic E-state index is 0.253. The van der Waals surface area contributed by atoms with Crippen LogP contribution < -0.4 is 11.1 Å². The van der Waals surface area contributed by atoms with Crippen molar-refractivity contribution in [2.45, 2.75) is 26.3 Å². The molecule has 0 saturated heterocycles. The van der Waals surface area contributed by atoms with Crippen LogP contribution in [0.4, 0.5) is 5.82 Å². The Morgan fingerprint density at radius 2 is 2.24 bits per heavy atom. The number of nitrogens with zero attached hydrogens (tertiary/aromatic N) is 3. The van der Waals surface area contributed by atoms with Crippen molar-refractivity contribution in [2.24, 2.45) is 11.7 Å². The van der Waals surface area contributed by atoms with Crippen LogP contribution in [0.3, 0.4) is 0 Å². The van der Waals surface area contributed by atoms with Crippen molar-refractivity contribution in [1.82, 2.24) is 14.6 Å². The fourth-order valence-electron chi connectivity index (χ4n) is 1.95. The molecule has 5 heteroatoms. The summed E-state index contributed by atoms with van der Waals surface area (Å²) < 4.78 is 1.80. The maximum atomic E-state index is 5.78. The van der Waals surface area contributed by atoms with Gasteiger partial charge in [0.2, 0.25) is 0 Å². The van der Waals surface area contributed by atoms with Crippen molar-refractivity contribution < 1.29 is 0 Å². The van der Waals surface area contributed by atoms with Crippen molar-refractivity contribution in [3.63, 3.8) is 0 Å². The predicted molar refractivity (Wildman–Crippen MR) is 68.9 cm³/mol. The van der Waals surface area contributed by atoms with Gasteiger partial charge in [-0.15, -0.1) is 0 Å². The first-order chi connectivity index (χ1) is 8.20. The van der Waals surface area contributed by atoms with E-state index in [0.29, 0.717) is 12.5 Å². The van der Waals surface area contributed by atoms with Crippen molar-refractivity contribution in [2.75, 3.05) is 11.9 Å². The van der Waals surface area contributed by atoms with Crippen LogP contribution in [0.15, 0.2) is 24.7 Å². The highest BCUT2D eigenvalue weighted by molar-refractivity contribution is 5.67. The zero-order chi connectivity index (χ0) is 12.3. The molecule has 0 aliphatic heterocycles. The average molecular weight is 233 g/mol. The summed E-state index contributed by atoms with van der Waals surface area (Å²) in [6.45, 7) is 4.99. The fraction of sp³-hybridized carbons (Fsp3) is 0.500. The summed E-state index contributed by atoms with van der Waals surface area (Å²) in [5, 5.41) is 7.57. The highest BCUT2D eigenvalue weighted by Gasteiger charge is 2.11. The van der Waals surface area contributed by atoms with Gasteiger partial charge >= 0.3 is 0 Å². The number of hydrogen-bond donors (Lipinski definition) is 2. The van der Waals surface area contributed by atoms with Crippen LogP contribution >= 0.6 is 0 Å². The van der Waals surface area contributed by atoms with Crippen LogP contribution in [0.2, 0.25) is 0 Å². The van der Waals surface area contributed by atoms with E-state index in [1.54, 1.807) is 16.9 Å². The Morgan fingerprint density at radius 1 is 1.41 bits per heavy atom. The molecule has 0 saturated carbocycles. The van der Waals surface area contributed by atoms with E-state index in [2.05, 4.69) is 29.2 Å². The summed E-state index contributed by atoms with van der Waals surface area (Å²) >= 11 is 0. The summed E-state index contributed by atoms with van der Waals surface area (Å²) in [5.41, 5.74) is 6.76. The van der Waals surface area contributed by atoms with Crippen LogP contribution in [-0.4, -0.2) is 27.2 Å². The van der Waals surface area contributed by atoms with Gasteiger partial charge in [-0.3, -0.25) is 0 Å². The third kappa shape index (κ3) is 2.74. The van der Waals surface area contributed by atoms with E-state index in [9.17, 15) is 0 Å². The van der Waals surface area contributed by atoms with Crippen LogP contribution in [0.1, 0.15) is 20.3 Å². The van der Waals surface area contributed by atoms with Crippen LogP contribution in [0.25, 0.3) is 5.52 Å². The lowest BCUT2D eigenvalue weighted by atomic mass is 10.0. The quantitative estimate of drug-likeness (QED) is 0.821. The van der Waals surface area contributed by atoms with Crippen molar-refractivity contribution >= 4 is 11.3 Å². The summed E-state index contributed by atoms with van der Waals surface area (Å²) in [6.07, 6.45) is 6.38. The SMILES string of the molecule is CC(C)CC(CN)Nc1nccn2nccc12. The highest BCUT2D eigenvalue weighted by Crippen LogP contribution is 2.15.